The van der Waals surface area contributed by atoms with Gasteiger partial charge in [0, 0.05) is 5.56 Å². The molecule has 30 heavy (non-hydrogen) atoms. The Labute approximate surface area is 174 Å². The number of benzene rings is 4. The Morgan fingerprint density at radius 2 is 1.07 bits per heavy atom. The molecule has 0 amide bonds. The number of rotatable bonds is 6. The third-order valence-electron chi connectivity index (χ3n) is 4.45. The Morgan fingerprint density at radius 1 is 0.533 bits per heavy atom. The molecule has 4 aromatic carbocycles. The zero-order chi connectivity index (χ0) is 20.8. The van der Waals surface area contributed by atoms with Crippen LogP contribution in [0.3, 0.4) is 0 Å². The van der Waals surface area contributed by atoms with E-state index in [1.54, 1.807) is 84.9 Å². The van der Waals surface area contributed by atoms with Gasteiger partial charge in [0.2, 0.25) is 0 Å². The second-order valence-corrected chi connectivity index (χ2v) is 6.49. The summed E-state index contributed by atoms with van der Waals surface area (Å²) in [4.78, 5) is 25.8. The molecule has 0 heterocycles. The van der Waals surface area contributed by atoms with Crippen LogP contribution in [0.1, 0.15) is 26.3 Å². The smallest absolute Gasteiger partial charge is 0.347 e. The molecule has 0 aliphatic carbocycles. The Bertz CT molecular complexity index is 1170. The standard InChI is InChI=1S/C26H18O4/c27-25(19-11-3-1-4-12-19)21-15-7-9-17-23(21)30-26(28)22-16-8-10-18-24(22)29-20-13-5-2-6-14-20/h1-18H. The first kappa shape index (κ1) is 19.2. The number of ether oxygens (including phenoxy) is 2. The second-order valence-electron chi connectivity index (χ2n) is 6.49. The van der Waals surface area contributed by atoms with Crippen LogP contribution in [0, 0.1) is 0 Å². The van der Waals surface area contributed by atoms with Crippen LogP contribution in [0.25, 0.3) is 0 Å². The van der Waals surface area contributed by atoms with Gasteiger partial charge in [-0.2, -0.15) is 0 Å². The van der Waals surface area contributed by atoms with E-state index in [2.05, 4.69) is 0 Å². The lowest BCUT2D eigenvalue weighted by molar-refractivity contribution is 0.0730. The predicted octanol–water partition coefficient (Wildman–Crippen LogP) is 5.93. The third-order valence-corrected chi connectivity index (χ3v) is 4.45. The highest BCUT2D eigenvalue weighted by molar-refractivity contribution is 6.11. The summed E-state index contributed by atoms with van der Waals surface area (Å²) in [6.07, 6.45) is 0. The van der Waals surface area contributed by atoms with Gasteiger partial charge in [-0.15, -0.1) is 0 Å². The molecule has 0 bridgehead atoms. The van der Waals surface area contributed by atoms with Crippen molar-refractivity contribution in [3.63, 3.8) is 0 Å². The van der Waals surface area contributed by atoms with Crippen molar-refractivity contribution in [2.75, 3.05) is 0 Å². The molecule has 0 aliphatic rings. The zero-order valence-corrected chi connectivity index (χ0v) is 16.0. The van der Waals surface area contributed by atoms with E-state index in [-0.39, 0.29) is 17.1 Å². The van der Waals surface area contributed by atoms with Crippen LogP contribution in [0.15, 0.2) is 109 Å². The maximum atomic E-state index is 12.9. The molecule has 0 saturated heterocycles. The summed E-state index contributed by atoms with van der Waals surface area (Å²) < 4.78 is 11.5. The molecular formula is C26H18O4. The highest BCUT2D eigenvalue weighted by Crippen LogP contribution is 2.28. The van der Waals surface area contributed by atoms with Crippen molar-refractivity contribution in [1.29, 1.82) is 0 Å². The van der Waals surface area contributed by atoms with Crippen LogP contribution < -0.4 is 9.47 Å². The van der Waals surface area contributed by atoms with E-state index in [0.29, 0.717) is 22.6 Å². The van der Waals surface area contributed by atoms with Crippen LogP contribution in [0.5, 0.6) is 17.2 Å². The van der Waals surface area contributed by atoms with Gasteiger partial charge >= 0.3 is 5.97 Å². The molecule has 0 fully saturated rings. The van der Waals surface area contributed by atoms with Crippen molar-refractivity contribution in [1.82, 2.24) is 0 Å². The first-order chi connectivity index (χ1) is 14.7. The quantitative estimate of drug-likeness (QED) is 0.231. The van der Waals surface area contributed by atoms with Gasteiger partial charge in [0.05, 0.1) is 5.56 Å². The molecule has 0 N–H and O–H groups in total. The normalized spacial score (nSPS) is 10.3. The summed E-state index contributed by atoms with van der Waals surface area (Å²) >= 11 is 0. The van der Waals surface area contributed by atoms with E-state index in [0.717, 1.165) is 0 Å². The van der Waals surface area contributed by atoms with E-state index in [1.165, 1.54) is 0 Å². The first-order valence-electron chi connectivity index (χ1n) is 9.45. The molecule has 0 aromatic heterocycles. The van der Waals surface area contributed by atoms with Crippen molar-refractivity contribution in [2.24, 2.45) is 0 Å². The summed E-state index contributed by atoms with van der Waals surface area (Å²) in [7, 11) is 0. The second kappa shape index (κ2) is 8.88. The Kier molecular flexibility index (Phi) is 5.67. The molecule has 0 atom stereocenters. The zero-order valence-electron chi connectivity index (χ0n) is 16.0. The van der Waals surface area contributed by atoms with Gasteiger partial charge in [0.15, 0.2) is 5.78 Å². The number of ketones is 1. The molecule has 4 aromatic rings. The van der Waals surface area contributed by atoms with E-state index in [9.17, 15) is 9.59 Å². The minimum atomic E-state index is -0.602. The highest BCUT2D eigenvalue weighted by Gasteiger charge is 2.20. The van der Waals surface area contributed by atoms with Gasteiger partial charge in [-0.1, -0.05) is 72.8 Å². The van der Waals surface area contributed by atoms with Crippen molar-refractivity contribution in [3.05, 3.63) is 126 Å². The number of para-hydroxylation sites is 3. The van der Waals surface area contributed by atoms with Crippen molar-refractivity contribution < 1.29 is 19.1 Å². The Balaban J connectivity index is 1.61. The summed E-state index contributed by atoms with van der Waals surface area (Å²) in [6.45, 7) is 0. The highest BCUT2D eigenvalue weighted by atomic mass is 16.5. The maximum absolute atomic E-state index is 12.9. The SMILES string of the molecule is O=C(Oc1ccccc1C(=O)c1ccccc1)c1ccccc1Oc1ccccc1. The van der Waals surface area contributed by atoms with Crippen LogP contribution >= 0.6 is 0 Å². The van der Waals surface area contributed by atoms with Gasteiger partial charge in [-0.3, -0.25) is 4.79 Å². The van der Waals surface area contributed by atoms with Crippen LogP contribution in [-0.4, -0.2) is 11.8 Å². The number of esters is 1. The number of carbonyl (C=O) groups excluding carboxylic acids is 2. The average molecular weight is 394 g/mol. The minimum absolute atomic E-state index is 0.200. The summed E-state index contributed by atoms with van der Waals surface area (Å²) in [5.74, 6) is 0.367. The lowest BCUT2D eigenvalue weighted by atomic mass is 10.0. The Hall–Kier alpha value is -4.18. The first-order valence-corrected chi connectivity index (χ1v) is 9.45. The molecule has 146 valence electrons. The fourth-order valence-electron chi connectivity index (χ4n) is 2.98. The van der Waals surface area contributed by atoms with E-state index in [1.807, 2.05) is 24.3 Å². The van der Waals surface area contributed by atoms with Crippen molar-refractivity contribution >= 4 is 11.8 Å². The van der Waals surface area contributed by atoms with Crippen molar-refractivity contribution in [3.8, 4) is 17.2 Å². The Morgan fingerprint density at radius 3 is 1.77 bits per heavy atom. The van der Waals surface area contributed by atoms with Gasteiger partial charge in [0.1, 0.15) is 22.8 Å². The maximum Gasteiger partial charge on any atom is 0.347 e. The fraction of sp³-hybridized carbons (Fsp3) is 0. The minimum Gasteiger partial charge on any atom is -0.456 e. The molecule has 0 spiro atoms. The van der Waals surface area contributed by atoms with Crippen LogP contribution in [0.2, 0.25) is 0 Å². The summed E-state index contributed by atoms with van der Waals surface area (Å²) in [5, 5.41) is 0. The van der Waals surface area contributed by atoms with Gasteiger partial charge in [0.25, 0.3) is 0 Å². The average Bonchev–Trinajstić information content (AvgIpc) is 2.80. The lowest BCUT2D eigenvalue weighted by Gasteiger charge is -2.12. The topological polar surface area (TPSA) is 52.6 Å². The van der Waals surface area contributed by atoms with E-state index >= 15 is 0 Å². The molecule has 0 saturated carbocycles. The summed E-state index contributed by atoms with van der Waals surface area (Å²) in [5.41, 5.74) is 1.11. The molecular weight excluding hydrogens is 376 g/mol. The third kappa shape index (κ3) is 4.28. The molecule has 0 aliphatic heterocycles. The largest absolute Gasteiger partial charge is 0.456 e. The van der Waals surface area contributed by atoms with Crippen LogP contribution in [-0.2, 0) is 0 Å². The molecule has 4 rings (SSSR count). The van der Waals surface area contributed by atoms with Gasteiger partial charge in [-0.25, -0.2) is 4.79 Å². The van der Waals surface area contributed by atoms with Crippen LogP contribution in [0.4, 0.5) is 0 Å². The van der Waals surface area contributed by atoms with Gasteiger partial charge < -0.3 is 9.47 Å². The van der Waals surface area contributed by atoms with E-state index in [4.69, 9.17) is 9.47 Å². The molecule has 4 heteroatoms. The number of carbonyl (C=O) groups is 2. The summed E-state index contributed by atoms with van der Waals surface area (Å²) in [6, 6.07) is 31.6. The fourth-order valence-corrected chi connectivity index (χ4v) is 2.98. The van der Waals surface area contributed by atoms with Gasteiger partial charge in [-0.05, 0) is 36.4 Å². The molecule has 0 radical (unpaired) electrons. The predicted molar refractivity (Wildman–Crippen MR) is 114 cm³/mol. The monoisotopic (exact) mass is 394 g/mol. The van der Waals surface area contributed by atoms with E-state index < -0.39 is 5.97 Å². The molecule has 4 nitrogen and oxygen atoms in total. The lowest BCUT2D eigenvalue weighted by Crippen LogP contribution is -2.13. The number of hydrogen-bond donors (Lipinski definition) is 0. The molecule has 0 unspecified atom stereocenters. The number of hydrogen-bond acceptors (Lipinski definition) is 4. The van der Waals surface area contributed by atoms with Crippen molar-refractivity contribution in [2.45, 2.75) is 0 Å².